The molecule has 0 radical (unpaired) electrons. The summed E-state index contributed by atoms with van der Waals surface area (Å²) in [5, 5.41) is 24.2. The Morgan fingerprint density at radius 1 is 1.06 bits per heavy atom. The van der Waals surface area contributed by atoms with Gasteiger partial charge in [0.15, 0.2) is 5.65 Å². The molecule has 0 aliphatic heterocycles. The summed E-state index contributed by atoms with van der Waals surface area (Å²) in [4.78, 5) is 47.2. The topological polar surface area (TPSA) is 206 Å². The number of rotatable bonds is 11. The maximum atomic E-state index is 12.4. The number of carboxylic acid groups (broad SMARTS) is 2. The second-order valence-corrected chi connectivity index (χ2v) is 7.91. The van der Waals surface area contributed by atoms with Crippen molar-refractivity contribution in [2.75, 3.05) is 16.8 Å². The van der Waals surface area contributed by atoms with Crippen molar-refractivity contribution in [2.45, 2.75) is 45.2 Å². The van der Waals surface area contributed by atoms with Crippen LogP contribution in [0.3, 0.4) is 0 Å². The number of aliphatic carboxylic acids is 2. The number of aromatic nitrogens is 3. The van der Waals surface area contributed by atoms with Gasteiger partial charge in [0.25, 0.3) is 5.91 Å². The van der Waals surface area contributed by atoms with Gasteiger partial charge in [-0.05, 0) is 48.7 Å². The first-order valence-electron chi connectivity index (χ1n) is 11.0. The lowest BCUT2D eigenvalue weighted by Gasteiger charge is -2.14. The molecule has 1 amide bonds. The molecule has 2 heterocycles. The minimum absolute atomic E-state index is 0.0662. The third-order valence-corrected chi connectivity index (χ3v) is 5.27. The second-order valence-electron chi connectivity index (χ2n) is 7.91. The summed E-state index contributed by atoms with van der Waals surface area (Å²) in [6.45, 7) is 2.48. The summed E-state index contributed by atoms with van der Waals surface area (Å²) in [6.07, 6.45) is 1.05. The average Bonchev–Trinajstić information content (AvgIpc) is 2.80. The van der Waals surface area contributed by atoms with E-state index in [9.17, 15) is 19.5 Å². The molecule has 35 heavy (non-hydrogen) atoms. The number of aryl methyl sites for hydroxylation is 1. The van der Waals surface area contributed by atoms with Crippen LogP contribution in [-0.4, -0.2) is 49.1 Å². The third-order valence-electron chi connectivity index (χ3n) is 5.27. The SMILES string of the molecule is CCCc1nc2nc(N)nc(N)c2cc1CNc1ccc(C(=O)N[C@@H](CCC(=O)O)C(=O)O)cc1. The van der Waals surface area contributed by atoms with Gasteiger partial charge in [-0.25, -0.2) is 9.78 Å². The molecule has 0 unspecified atom stereocenters. The van der Waals surface area contributed by atoms with Crippen molar-refractivity contribution in [2.24, 2.45) is 0 Å². The van der Waals surface area contributed by atoms with E-state index in [4.69, 9.17) is 16.6 Å². The maximum Gasteiger partial charge on any atom is 0.326 e. The predicted molar refractivity (Wildman–Crippen MR) is 130 cm³/mol. The lowest BCUT2D eigenvalue weighted by atomic mass is 10.1. The number of carboxylic acids is 2. The van der Waals surface area contributed by atoms with Crippen LogP contribution in [0.5, 0.6) is 0 Å². The second kappa shape index (κ2) is 11.1. The first-order chi connectivity index (χ1) is 16.7. The van der Waals surface area contributed by atoms with E-state index >= 15 is 0 Å². The summed E-state index contributed by atoms with van der Waals surface area (Å²) in [6, 6.07) is 7.07. The Bertz CT molecular complexity index is 1250. The molecule has 1 aromatic carbocycles. The normalized spacial score (nSPS) is 11.7. The Morgan fingerprint density at radius 3 is 2.40 bits per heavy atom. The number of nitrogens with two attached hydrogens (primary N) is 2. The smallest absolute Gasteiger partial charge is 0.326 e. The van der Waals surface area contributed by atoms with Crippen molar-refractivity contribution in [1.29, 1.82) is 0 Å². The van der Waals surface area contributed by atoms with Crippen molar-refractivity contribution in [1.82, 2.24) is 20.3 Å². The number of nitrogens with zero attached hydrogens (tertiary/aromatic N) is 3. The molecule has 12 heteroatoms. The standard InChI is InChI=1S/C23H27N7O5/c1-2-3-16-13(10-15-19(24)29-23(25)30-20(15)27-16)11-26-14-6-4-12(5-7-14)21(33)28-17(22(34)35)8-9-18(31)32/h4-7,10,17,26H,2-3,8-9,11H2,1H3,(H,28,33)(H,31,32)(H,34,35)(H4,24,25,27,29,30)/t17-/m0/s1. The number of fused-ring (bicyclic) bond motifs is 1. The Hall–Kier alpha value is -4.48. The van der Waals surface area contributed by atoms with Gasteiger partial charge in [-0.1, -0.05) is 13.3 Å². The molecule has 3 rings (SSSR count). The molecule has 0 aliphatic carbocycles. The highest BCUT2D eigenvalue weighted by Gasteiger charge is 2.21. The molecule has 3 aromatic rings. The minimum Gasteiger partial charge on any atom is -0.481 e. The van der Waals surface area contributed by atoms with Crippen LogP contribution in [0.25, 0.3) is 11.0 Å². The van der Waals surface area contributed by atoms with Gasteiger partial charge >= 0.3 is 11.9 Å². The van der Waals surface area contributed by atoms with Crippen molar-refractivity contribution in [3.8, 4) is 0 Å². The van der Waals surface area contributed by atoms with E-state index in [0.29, 0.717) is 17.6 Å². The van der Waals surface area contributed by atoms with Crippen LogP contribution in [0.15, 0.2) is 30.3 Å². The molecule has 8 N–H and O–H groups in total. The monoisotopic (exact) mass is 481 g/mol. The Balaban J connectivity index is 1.71. The van der Waals surface area contributed by atoms with E-state index in [1.807, 2.05) is 13.0 Å². The van der Waals surface area contributed by atoms with Gasteiger partial charge in [0.05, 0.1) is 5.39 Å². The molecule has 1 atom stereocenters. The number of carbonyl (C=O) groups is 3. The average molecular weight is 482 g/mol. The van der Waals surface area contributed by atoms with Crippen molar-refractivity contribution in [3.63, 3.8) is 0 Å². The summed E-state index contributed by atoms with van der Waals surface area (Å²) >= 11 is 0. The summed E-state index contributed by atoms with van der Waals surface area (Å²) in [5.41, 5.74) is 14.9. The fraction of sp³-hybridized carbons (Fsp3) is 0.304. The molecule has 0 bridgehead atoms. The number of nitrogen functional groups attached to an aromatic ring is 2. The molecule has 2 aromatic heterocycles. The van der Waals surface area contributed by atoms with Crippen LogP contribution >= 0.6 is 0 Å². The van der Waals surface area contributed by atoms with Gasteiger partial charge in [-0.3, -0.25) is 9.59 Å². The van der Waals surface area contributed by atoms with Crippen molar-refractivity contribution < 1.29 is 24.6 Å². The third kappa shape index (κ3) is 6.53. The number of carbonyl (C=O) groups excluding carboxylic acids is 1. The fourth-order valence-electron chi connectivity index (χ4n) is 3.48. The number of pyridine rings is 1. The molecule has 12 nitrogen and oxygen atoms in total. The molecule has 0 spiro atoms. The van der Waals surface area contributed by atoms with E-state index in [2.05, 4.69) is 25.6 Å². The number of nitrogens with one attached hydrogen (secondary N) is 2. The first kappa shape index (κ1) is 25.1. The summed E-state index contributed by atoms with van der Waals surface area (Å²) in [7, 11) is 0. The number of benzene rings is 1. The highest BCUT2D eigenvalue weighted by atomic mass is 16.4. The van der Waals surface area contributed by atoms with E-state index in [1.54, 1.807) is 24.3 Å². The lowest BCUT2D eigenvalue weighted by molar-refractivity contribution is -0.140. The quantitative estimate of drug-likeness (QED) is 0.233. The highest BCUT2D eigenvalue weighted by Crippen LogP contribution is 2.23. The summed E-state index contributed by atoms with van der Waals surface area (Å²) < 4.78 is 0. The van der Waals surface area contributed by atoms with Gasteiger partial charge in [-0.2, -0.15) is 9.97 Å². The zero-order valence-electron chi connectivity index (χ0n) is 19.1. The van der Waals surface area contributed by atoms with Crippen molar-refractivity contribution >= 4 is 46.3 Å². The molecule has 184 valence electrons. The molecule has 0 fully saturated rings. The highest BCUT2D eigenvalue weighted by molar-refractivity contribution is 5.97. The molecular formula is C23H27N7O5. The van der Waals surface area contributed by atoms with Gasteiger partial charge in [-0.15, -0.1) is 0 Å². The van der Waals surface area contributed by atoms with Crippen LogP contribution in [0.4, 0.5) is 17.5 Å². The Morgan fingerprint density at radius 2 is 1.77 bits per heavy atom. The Labute approximate surface area is 200 Å². The van der Waals surface area contributed by atoms with Crippen LogP contribution in [0, 0.1) is 0 Å². The van der Waals surface area contributed by atoms with Crippen LogP contribution in [0.1, 0.15) is 47.8 Å². The predicted octanol–water partition coefficient (Wildman–Crippen LogP) is 1.80. The number of hydrogen-bond donors (Lipinski definition) is 6. The van der Waals surface area contributed by atoms with E-state index in [1.165, 1.54) is 0 Å². The number of anilines is 3. The number of hydrogen-bond acceptors (Lipinski definition) is 9. The molecule has 0 saturated heterocycles. The van der Waals surface area contributed by atoms with Gasteiger partial charge in [0, 0.05) is 29.9 Å². The zero-order chi connectivity index (χ0) is 25.5. The van der Waals surface area contributed by atoms with Crippen LogP contribution in [-0.2, 0) is 22.6 Å². The minimum atomic E-state index is -1.29. The Kier molecular flexibility index (Phi) is 7.97. The largest absolute Gasteiger partial charge is 0.481 e. The fourth-order valence-corrected chi connectivity index (χ4v) is 3.48. The van der Waals surface area contributed by atoms with Gasteiger partial charge < -0.3 is 32.3 Å². The zero-order valence-corrected chi connectivity index (χ0v) is 19.1. The lowest BCUT2D eigenvalue weighted by Crippen LogP contribution is -2.41. The molecule has 0 aliphatic rings. The summed E-state index contributed by atoms with van der Waals surface area (Å²) in [5.74, 6) is -2.71. The van der Waals surface area contributed by atoms with Crippen LogP contribution in [0.2, 0.25) is 0 Å². The van der Waals surface area contributed by atoms with Gasteiger partial charge in [0.2, 0.25) is 5.95 Å². The maximum absolute atomic E-state index is 12.4. The van der Waals surface area contributed by atoms with E-state index < -0.39 is 23.9 Å². The molecule has 0 saturated carbocycles. The van der Waals surface area contributed by atoms with Crippen molar-refractivity contribution in [3.05, 3.63) is 47.2 Å². The van der Waals surface area contributed by atoms with E-state index in [-0.39, 0.29) is 30.2 Å². The van der Waals surface area contributed by atoms with Crippen LogP contribution < -0.4 is 22.1 Å². The first-order valence-corrected chi connectivity index (χ1v) is 11.0. The van der Waals surface area contributed by atoms with Gasteiger partial charge in [0.1, 0.15) is 11.9 Å². The molecular weight excluding hydrogens is 454 g/mol. The van der Waals surface area contributed by atoms with E-state index in [0.717, 1.165) is 29.8 Å². The number of amides is 1.